The number of hydrogen-bond acceptors (Lipinski definition) is 4. The first-order valence-corrected chi connectivity index (χ1v) is 3.65. The molecule has 4 nitrogen and oxygen atoms in total. The largest absolute Gasteiger partial charge is 0.411 e. The maximum Gasteiger partial charge on any atom is 0.0790 e. The summed E-state index contributed by atoms with van der Waals surface area (Å²) in [7, 11) is 1.57. The van der Waals surface area contributed by atoms with Crippen molar-refractivity contribution < 1.29 is 9.94 Å². The van der Waals surface area contributed by atoms with E-state index in [0.717, 1.165) is 0 Å². The van der Waals surface area contributed by atoms with Crippen LogP contribution in [-0.4, -0.2) is 24.6 Å². The zero-order valence-corrected chi connectivity index (χ0v) is 7.66. The van der Waals surface area contributed by atoms with E-state index in [1.807, 2.05) is 19.9 Å². The molecule has 0 aliphatic carbocycles. The monoisotopic (exact) mass is 170 g/mol. The molecule has 0 fully saturated rings. The average molecular weight is 170 g/mol. The molecule has 0 unspecified atom stereocenters. The SMILES string of the molecule is COCC(C)(C)C(CC#N)=NO. The lowest BCUT2D eigenvalue weighted by Gasteiger charge is -2.22. The summed E-state index contributed by atoms with van der Waals surface area (Å²) in [5.41, 5.74) is 0.0750. The van der Waals surface area contributed by atoms with Crippen molar-refractivity contribution in [2.24, 2.45) is 10.6 Å². The van der Waals surface area contributed by atoms with E-state index in [2.05, 4.69) is 5.16 Å². The number of ether oxygens (including phenoxy) is 1. The Hall–Kier alpha value is -1.08. The van der Waals surface area contributed by atoms with Crippen molar-refractivity contribution >= 4 is 5.71 Å². The van der Waals surface area contributed by atoms with Crippen LogP contribution in [0.4, 0.5) is 0 Å². The maximum absolute atomic E-state index is 8.60. The highest BCUT2D eigenvalue weighted by molar-refractivity contribution is 5.90. The Morgan fingerprint density at radius 3 is 2.58 bits per heavy atom. The molecule has 0 heterocycles. The zero-order valence-electron chi connectivity index (χ0n) is 7.66. The van der Waals surface area contributed by atoms with Crippen molar-refractivity contribution in [2.75, 3.05) is 13.7 Å². The van der Waals surface area contributed by atoms with Gasteiger partial charge in [0.2, 0.25) is 0 Å². The van der Waals surface area contributed by atoms with Crippen LogP contribution < -0.4 is 0 Å². The van der Waals surface area contributed by atoms with E-state index in [1.54, 1.807) is 7.11 Å². The van der Waals surface area contributed by atoms with E-state index in [9.17, 15) is 0 Å². The normalized spacial score (nSPS) is 12.7. The minimum absolute atomic E-state index is 0.132. The summed E-state index contributed by atoms with van der Waals surface area (Å²) < 4.78 is 4.93. The smallest absolute Gasteiger partial charge is 0.0790 e. The predicted molar refractivity (Wildman–Crippen MR) is 45.1 cm³/mol. The molecule has 0 saturated heterocycles. The minimum atomic E-state index is -0.376. The average Bonchev–Trinajstić information content (AvgIpc) is 1.99. The minimum Gasteiger partial charge on any atom is -0.411 e. The third kappa shape index (κ3) is 2.89. The van der Waals surface area contributed by atoms with Crippen molar-refractivity contribution in [2.45, 2.75) is 20.3 Å². The zero-order chi connectivity index (χ0) is 9.61. The molecular formula is C8H14N2O2. The Kier molecular flexibility index (Phi) is 4.30. The van der Waals surface area contributed by atoms with Crippen LogP contribution in [0.5, 0.6) is 0 Å². The summed E-state index contributed by atoms with van der Waals surface area (Å²) in [6.07, 6.45) is 0.132. The van der Waals surface area contributed by atoms with Crippen molar-refractivity contribution in [3.63, 3.8) is 0 Å². The highest BCUT2D eigenvalue weighted by Gasteiger charge is 2.25. The van der Waals surface area contributed by atoms with Crippen molar-refractivity contribution in [3.8, 4) is 6.07 Å². The molecule has 0 radical (unpaired) electrons. The Balaban J connectivity index is 4.40. The van der Waals surface area contributed by atoms with Gasteiger partial charge in [0.05, 0.1) is 24.8 Å². The van der Waals surface area contributed by atoms with Gasteiger partial charge in [0, 0.05) is 12.5 Å². The first kappa shape index (κ1) is 10.9. The molecule has 0 rings (SSSR count). The molecule has 0 aliphatic heterocycles. The van der Waals surface area contributed by atoms with Gasteiger partial charge in [0.15, 0.2) is 0 Å². The van der Waals surface area contributed by atoms with Gasteiger partial charge in [0.1, 0.15) is 0 Å². The van der Waals surface area contributed by atoms with Gasteiger partial charge >= 0.3 is 0 Å². The molecule has 0 aliphatic rings. The van der Waals surface area contributed by atoms with Gasteiger partial charge in [-0.15, -0.1) is 0 Å². The van der Waals surface area contributed by atoms with Crippen LogP contribution in [0.3, 0.4) is 0 Å². The van der Waals surface area contributed by atoms with Gasteiger partial charge in [-0.05, 0) is 0 Å². The Bertz CT molecular complexity index is 204. The lowest BCUT2D eigenvalue weighted by Crippen LogP contribution is -2.29. The topological polar surface area (TPSA) is 65.6 Å². The van der Waals surface area contributed by atoms with Gasteiger partial charge in [-0.25, -0.2) is 0 Å². The molecule has 0 saturated carbocycles. The predicted octanol–water partition coefficient (Wildman–Crippen LogP) is 1.40. The molecule has 0 aromatic carbocycles. The summed E-state index contributed by atoms with van der Waals surface area (Å²) in [4.78, 5) is 0. The summed E-state index contributed by atoms with van der Waals surface area (Å²) in [5.74, 6) is 0. The van der Waals surface area contributed by atoms with E-state index in [4.69, 9.17) is 15.2 Å². The molecule has 4 heteroatoms. The van der Waals surface area contributed by atoms with Gasteiger partial charge in [-0.3, -0.25) is 0 Å². The number of rotatable bonds is 4. The Labute approximate surface area is 72.4 Å². The fourth-order valence-electron chi connectivity index (χ4n) is 0.929. The Morgan fingerprint density at radius 2 is 2.25 bits per heavy atom. The highest BCUT2D eigenvalue weighted by Crippen LogP contribution is 2.19. The molecule has 0 amide bonds. The lowest BCUT2D eigenvalue weighted by atomic mass is 9.87. The molecular weight excluding hydrogens is 156 g/mol. The second-order valence-electron chi connectivity index (χ2n) is 3.20. The third-order valence-corrected chi connectivity index (χ3v) is 1.65. The molecule has 0 atom stereocenters. The summed E-state index contributed by atoms with van der Waals surface area (Å²) in [5, 5.41) is 20.1. The highest BCUT2D eigenvalue weighted by atomic mass is 16.5. The number of nitrogens with zero attached hydrogens (tertiary/aromatic N) is 2. The first-order chi connectivity index (χ1) is 5.58. The van der Waals surface area contributed by atoms with E-state index in [1.165, 1.54) is 0 Å². The van der Waals surface area contributed by atoms with Gasteiger partial charge < -0.3 is 9.94 Å². The van der Waals surface area contributed by atoms with Crippen molar-refractivity contribution in [1.29, 1.82) is 5.26 Å². The summed E-state index contributed by atoms with van der Waals surface area (Å²) >= 11 is 0. The number of oxime groups is 1. The Morgan fingerprint density at radius 1 is 1.67 bits per heavy atom. The summed E-state index contributed by atoms with van der Waals surface area (Å²) in [6, 6.07) is 1.94. The van der Waals surface area contributed by atoms with Crippen molar-refractivity contribution in [1.82, 2.24) is 0 Å². The number of methoxy groups -OCH3 is 1. The molecule has 12 heavy (non-hydrogen) atoms. The van der Waals surface area contributed by atoms with Crippen LogP contribution >= 0.6 is 0 Å². The fraction of sp³-hybridized carbons (Fsp3) is 0.750. The second kappa shape index (κ2) is 4.73. The van der Waals surface area contributed by atoms with Crippen LogP contribution in [-0.2, 0) is 4.74 Å². The quantitative estimate of drug-likeness (QED) is 0.394. The molecule has 0 spiro atoms. The fourth-order valence-corrected chi connectivity index (χ4v) is 0.929. The second-order valence-corrected chi connectivity index (χ2v) is 3.20. The van der Waals surface area contributed by atoms with Crippen LogP contribution in [0, 0.1) is 16.7 Å². The molecule has 0 aromatic rings. The van der Waals surface area contributed by atoms with Gasteiger partial charge in [-0.2, -0.15) is 5.26 Å². The van der Waals surface area contributed by atoms with Crippen LogP contribution in [0.1, 0.15) is 20.3 Å². The standard InChI is InChI=1S/C8H14N2O2/c1-8(2,6-12-3)7(10-11)4-5-9/h11H,4,6H2,1-3H3. The molecule has 1 N–H and O–H groups in total. The molecule has 0 aromatic heterocycles. The van der Waals surface area contributed by atoms with E-state index in [0.29, 0.717) is 12.3 Å². The maximum atomic E-state index is 8.60. The van der Waals surface area contributed by atoms with E-state index in [-0.39, 0.29) is 11.8 Å². The lowest BCUT2D eigenvalue weighted by molar-refractivity contribution is 0.139. The van der Waals surface area contributed by atoms with Crippen molar-refractivity contribution in [3.05, 3.63) is 0 Å². The third-order valence-electron chi connectivity index (χ3n) is 1.65. The molecule has 68 valence electrons. The van der Waals surface area contributed by atoms with E-state index >= 15 is 0 Å². The van der Waals surface area contributed by atoms with Crippen LogP contribution in [0.2, 0.25) is 0 Å². The summed E-state index contributed by atoms with van der Waals surface area (Å²) in [6.45, 7) is 4.17. The van der Waals surface area contributed by atoms with E-state index < -0.39 is 0 Å². The van der Waals surface area contributed by atoms with Gasteiger partial charge in [-0.1, -0.05) is 19.0 Å². The number of hydrogen-bond donors (Lipinski definition) is 1. The van der Waals surface area contributed by atoms with Crippen LogP contribution in [0.15, 0.2) is 5.16 Å². The number of nitriles is 1. The van der Waals surface area contributed by atoms with Crippen LogP contribution in [0.25, 0.3) is 0 Å². The van der Waals surface area contributed by atoms with Gasteiger partial charge in [0.25, 0.3) is 0 Å². The first-order valence-electron chi connectivity index (χ1n) is 3.65. The molecule has 0 bridgehead atoms.